The molecule has 0 unspecified atom stereocenters. The van der Waals surface area contributed by atoms with Gasteiger partial charge >= 0.3 is 5.97 Å². The topological polar surface area (TPSA) is 66.8 Å². The lowest BCUT2D eigenvalue weighted by molar-refractivity contribution is -0.140. The number of carboxylic acid groups (broad SMARTS) is 1. The van der Waals surface area contributed by atoms with Gasteiger partial charge in [0.25, 0.3) is 0 Å². The lowest BCUT2D eigenvalue weighted by Crippen LogP contribution is -2.24. The predicted molar refractivity (Wildman–Crippen MR) is 82.7 cm³/mol. The van der Waals surface area contributed by atoms with E-state index < -0.39 is 18.0 Å². The van der Waals surface area contributed by atoms with Crippen LogP contribution in [0.5, 0.6) is 5.75 Å². The van der Waals surface area contributed by atoms with Crippen molar-refractivity contribution in [1.29, 1.82) is 0 Å². The molecule has 0 heterocycles. The highest BCUT2D eigenvalue weighted by atomic mass is 16.5. The maximum atomic E-state index is 11.4. The zero-order valence-corrected chi connectivity index (χ0v) is 12.1. The summed E-state index contributed by atoms with van der Waals surface area (Å²) in [5.74, 6) is 3.90. The number of benzene rings is 2. The highest BCUT2D eigenvalue weighted by molar-refractivity contribution is 5.77. The molecule has 2 atom stereocenters. The van der Waals surface area contributed by atoms with Gasteiger partial charge in [-0.15, -0.1) is 0 Å². The molecule has 2 aromatic carbocycles. The van der Waals surface area contributed by atoms with Crippen LogP contribution in [0.15, 0.2) is 54.6 Å². The second-order valence-corrected chi connectivity index (χ2v) is 4.67. The van der Waals surface area contributed by atoms with E-state index in [1.165, 1.54) is 0 Å². The molecule has 2 N–H and O–H groups in total. The van der Waals surface area contributed by atoms with Crippen LogP contribution >= 0.6 is 0 Å². The molecule has 0 aliphatic rings. The van der Waals surface area contributed by atoms with Gasteiger partial charge in [-0.05, 0) is 29.8 Å². The van der Waals surface area contributed by atoms with Crippen molar-refractivity contribution in [3.8, 4) is 17.6 Å². The largest absolute Gasteiger partial charge is 0.497 e. The molecule has 0 radical (unpaired) electrons. The van der Waals surface area contributed by atoms with E-state index in [0.29, 0.717) is 16.9 Å². The Kier molecular flexibility index (Phi) is 5.18. The van der Waals surface area contributed by atoms with Crippen LogP contribution in [0.3, 0.4) is 0 Å². The SMILES string of the molecule is COc1ccc(C#C[C@@H](O)[C@H](C(=O)O)c2ccccc2)cc1. The first-order valence-corrected chi connectivity index (χ1v) is 6.73. The maximum Gasteiger partial charge on any atom is 0.314 e. The molecule has 4 heteroatoms. The van der Waals surface area contributed by atoms with Gasteiger partial charge in [0.05, 0.1) is 7.11 Å². The number of methoxy groups -OCH3 is 1. The third-order valence-electron chi connectivity index (χ3n) is 3.19. The molecular weight excluding hydrogens is 280 g/mol. The summed E-state index contributed by atoms with van der Waals surface area (Å²) in [6.45, 7) is 0. The van der Waals surface area contributed by atoms with E-state index in [1.807, 2.05) is 0 Å². The molecule has 0 saturated heterocycles. The summed E-state index contributed by atoms with van der Waals surface area (Å²) >= 11 is 0. The third kappa shape index (κ3) is 3.87. The molecule has 0 saturated carbocycles. The van der Waals surface area contributed by atoms with Crippen molar-refractivity contribution in [2.45, 2.75) is 12.0 Å². The summed E-state index contributed by atoms with van der Waals surface area (Å²) in [7, 11) is 1.57. The van der Waals surface area contributed by atoms with Gasteiger partial charge in [0, 0.05) is 5.56 Å². The second kappa shape index (κ2) is 7.30. The van der Waals surface area contributed by atoms with Gasteiger partial charge in [-0.3, -0.25) is 4.79 Å². The van der Waals surface area contributed by atoms with E-state index in [-0.39, 0.29) is 0 Å². The van der Waals surface area contributed by atoms with Crippen molar-refractivity contribution in [2.24, 2.45) is 0 Å². The summed E-state index contributed by atoms with van der Waals surface area (Å²) in [5.41, 5.74) is 1.20. The van der Waals surface area contributed by atoms with E-state index in [9.17, 15) is 15.0 Å². The van der Waals surface area contributed by atoms with Crippen molar-refractivity contribution >= 4 is 5.97 Å². The molecule has 2 aromatic rings. The summed E-state index contributed by atoms with van der Waals surface area (Å²) in [4.78, 5) is 11.4. The van der Waals surface area contributed by atoms with E-state index in [2.05, 4.69) is 11.8 Å². The minimum absolute atomic E-state index is 0.520. The zero-order chi connectivity index (χ0) is 15.9. The molecule has 0 aliphatic heterocycles. The van der Waals surface area contributed by atoms with Gasteiger partial charge in [0.15, 0.2) is 0 Å². The molecule has 0 amide bonds. The van der Waals surface area contributed by atoms with Crippen LogP contribution in [0.25, 0.3) is 0 Å². The summed E-state index contributed by atoms with van der Waals surface area (Å²) in [6.07, 6.45) is -1.29. The van der Waals surface area contributed by atoms with Gasteiger partial charge < -0.3 is 14.9 Å². The summed E-state index contributed by atoms with van der Waals surface area (Å²) in [6, 6.07) is 15.6. The van der Waals surface area contributed by atoms with Crippen molar-refractivity contribution in [3.63, 3.8) is 0 Å². The van der Waals surface area contributed by atoms with Gasteiger partial charge in [-0.2, -0.15) is 0 Å². The van der Waals surface area contributed by atoms with Crippen LogP contribution in [-0.4, -0.2) is 29.4 Å². The Hall–Kier alpha value is -2.77. The minimum Gasteiger partial charge on any atom is -0.497 e. The molecule has 22 heavy (non-hydrogen) atoms. The van der Waals surface area contributed by atoms with Crippen LogP contribution in [0.1, 0.15) is 17.0 Å². The first-order valence-electron chi connectivity index (χ1n) is 6.73. The Morgan fingerprint density at radius 1 is 1.09 bits per heavy atom. The van der Waals surface area contributed by atoms with Crippen LogP contribution in [0.4, 0.5) is 0 Å². The third-order valence-corrected chi connectivity index (χ3v) is 3.19. The Morgan fingerprint density at radius 2 is 1.73 bits per heavy atom. The monoisotopic (exact) mass is 296 g/mol. The maximum absolute atomic E-state index is 11.4. The summed E-state index contributed by atoms with van der Waals surface area (Å²) < 4.78 is 5.05. The lowest BCUT2D eigenvalue weighted by atomic mass is 9.93. The van der Waals surface area contributed by atoms with Gasteiger partial charge in [-0.25, -0.2) is 0 Å². The fraction of sp³-hybridized carbons (Fsp3) is 0.167. The Labute approximate surface area is 129 Å². The van der Waals surface area contributed by atoms with Crippen LogP contribution in [0, 0.1) is 11.8 Å². The van der Waals surface area contributed by atoms with Crippen LogP contribution in [0.2, 0.25) is 0 Å². The average molecular weight is 296 g/mol. The minimum atomic E-state index is -1.29. The van der Waals surface area contributed by atoms with Crippen molar-refractivity contribution < 1.29 is 19.7 Å². The Morgan fingerprint density at radius 3 is 2.27 bits per heavy atom. The highest BCUT2D eigenvalue weighted by Gasteiger charge is 2.26. The van der Waals surface area contributed by atoms with Crippen molar-refractivity contribution in [1.82, 2.24) is 0 Å². The number of rotatable bonds is 4. The molecule has 0 fully saturated rings. The van der Waals surface area contributed by atoms with Crippen LogP contribution in [-0.2, 0) is 4.79 Å². The number of aliphatic hydroxyl groups is 1. The molecule has 4 nitrogen and oxygen atoms in total. The van der Waals surface area contributed by atoms with Gasteiger partial charge in [0.2, 0.25) is 0 Å². The number of carbonyl (C=O) groups is 1. The number of hydrogen-bond donors (Lipinski definition) is 2. The number of hydrogen-bond acceptors (Lipinski definition) is 3. The Bertz CT molecular complexity index is 681. The first-order chi connectivity index (χ1) is 10.6. The fourth-order valence-corrected chi connectivity index (χ4v) is 2.04. The first kappa shape index (κ1) is 15.6. The molecule has 0 bridgehead atoms. The van der Waals surface area contributed by atoms with Gasteiger partial charge in [0.1, 0.15) is 17.8 Å². The number of aliphatic carboxylic acids is 1. The molecular formula is C18H16O4. The quantitative estimate of drug-likeness (QED) is 0.849. The van der Waals surface area contributed by atoms with E-state index >= 15 is 0 Å². The number of carboxylic acids is 1. The van der Waals surface area contributed by atoms with E-state index in [0.717, 1.165) is 0 Å². The van der Waals surface area contributed by atoms with Crippen LogP contribution < -0.4 is 4.74 Å². The molecule has 0 aliphatic carbocycles. The number of aliphatic hydroxyl groups excluding tert-OH is 1. The Balaban J connectivity index is 2.20. The highest BCUT2D eigenvalue weighted by Crippen LogP contribution is 2.20. The van der Waals surface area contributed by atoms with E-state index in [1.54, 1.807) is 61.7 Å². The van der Waals surface area contributed by atoms with Gasteiger partial charge in [-0.1, -0.05) is 42.2 Å². The smallest absolute Gasteiger partial charge is 0.314 e. The standard InChI is InChI=1S/C18H16O4/c1-22-15-10-7-13(8-11-15)9-12-16(19)17(18(20)21)14-5-3-2-4-6-14/h2-8,10-11,16-17,19H,1H3,(H,20,21)/t16-,17-/m1/s1. The molecule has 0 aromatic heterocycles. The number of ether oxygens (including phenoxy) is 1. The zero-order valence-electron chi connectivity index (χ0n) is 12.1. The van der Waals surface area contributed by atoms with Crippen molar-refractivity contribution in [2.75, 3.05) is 7.11 Å². The fourth-order valence-electron chi connectivity index (χ4n) is 2.04. The average Bonchev–Trinajstić information content (AvgIpc) is 2.54. The molecule has 2 rings (SSSR count). The second-order valence-electron chi connectivity index (χ2n) is 4.67. The predicted octanol–water partition coefficient (Wildman–Crippen LogP) is 2.28. The normalized spacial score (nSPS) is 12.6. The van der Waals surface area contributed by atoms with Crippen molar-refractivity contribution in [3.05, 3.63) is 65.7 Å². The molecule has 0 spiro atoms. The van der Waals surface area contributed by atoms with E-state index in [4.69, 9.17) is 4.74 Å². The lowest BCUT2D eigenvalue weighted by Gasteiger charge is -2.14. The summed E-state index contributed by atoms with van der Waals surface area (Å²) in [5, 5.41) is 19.4. The molecule has 112 valence electrons.